The number of benzene rings is 1. The Morgan fingerprint density at radius 1 is 1.22 bits per heavy atom. The van der Waals surface area contributed by atoms with Crippen LogP contribution in [0.2, 0.25) is 5.02 Å². The minimum Gasteiger partial charge on any atom is -0.272 e. The number of aromatic nitrogens is 2. The first kappa shape index (κ1) is 16.8. The van der Waals surface area contributed by atoms with Crippen LogP contribution in [0.1, 0.15) is 27.3 Å². The van der Waals surface area contributed by atoms with Gasteiger partial charge in [-0.3, -0.25) is 25.1 Å². The van der Waals surface area contributed by atoms with Gasteiger partial charge in [-0.15, -0.1) is 0 Å². The fraction of sp³-hybridized carbons (Fsp3) is 0.188. The number of hydrazine groups is 1. The number of hydrogen-bond acceptors (Lipinski definition) is 3. The average Bonchev–Trinajstić information content (AvgIpc) is 2.76. The van der Waals surface area contributed by atoms with E-state index in [2.05, 4.69) is 16.0 Å². The molecule has 0 unspecified atom stereocenters. The van der Waals surface area contributed by atoms with Crippen LogP contribution in [-0.4, -0.2) is 21.6 Å². The van der Waals surface area contributed by atoms with Crippen molar-refractivity contribution in [3.05, 3.63) is 57.9 Å². The van der Waals surface area contributed by atoms with Crippen LogP contribution in [0, 0.1) is 13.8 Å². The summed E-state index contributed by atoms with van der Waals surface area (Å²) in [5.74, 6) is -0.931. The first-order valence-electron chi connectivity index (χ1n) is 6.93. The lowest BCUT2D eigenvalue weighted by atomic mass is 10.2. The van der Waals surface area contributed by atoms with Gasteiger partial charge in [0.15, 0.2) is 0 Å². The van der Waals surface area contributed by atoms with Crippen molar-refractivity contribution in [2.24, 2.45) is 7.05 Å². The Labute approximate surface area is 139 Å². The van der Waals surface area contributed by atoms with Crippen molar-refractivity contribution in [2.75, 3.05) is 0 Å². The molecular formula is C16H17ClN4O2. The summed E-state index contributed by atoms with van der Waals surface area (Å²) >= 11 is 5.92. The van der Waals surface area contributed by atoms with Gasteiger partial charge in [0, 0.05) is 24.4 Å². The fourth-order valence-electron chi connectivity index (χ4n) is 2.06. The third-order valence-corrected chi connectivity index (χ3v) is 3.71. The van der Waals surface area contributed by atoms with E-state index in [4.69, 9.17) is 11.6 Å². The highest BCUT2D eigenvalue weighted by molar-refractivity contribution is 6.33. The summed E-state index contributed by atoms with van der Waals surface area (Å²) in [5, 5.41) is 4.58. The predicted molar refractivity (Wildman–Crippen MR) is 88.8 cm³/mol. The van der Waals surface area contributed by atoms with Crippen LogP contribution in [0.3, 0.4) is 0 Å². The lowest BCUT2D eigenvalue weighted by Gasteiger charge is -2.06. The monoisotopic (exact) mass is 332 g/mol. The highest BCUT2D eigenvalue weighted by Gasteiger charge is 2.10. The molecule has 0 saturated heterocycles. The van der Waals surface area contributed by atoms with E-state index >= 15 is 0 Å². The Kier molecular flexibility index (Phi) is 5.18. The number of nitrogens with zero attached hydrogens (tertiary/aromatic N) is 2. The molecule has 0 bridgehead atoms. The van der Waals surface area contributed by atoms with Gasteiger partial charge in [0.25, 0.3) is 11.8 Å². The maximum atomic E-state index is 11.9. The summed E-state index contributed by atoms with van der Waals surface area (Å²) in [4.78, 5) is 23.7. The lowest BCUT2D eigenvalue weighted by Crippen LogP contribution is -2.40. The molecule has 7 heteroatoms. The Morgan fingerprint density at radius 2 is 1.91 bits per heavy atom. The summed E-state index contributed by atoms with van der Waals surface area (Å²) in [5.41, 5.74) is 7.57. The predicted octanol–water partition coefficient (Wildman–Crippen LogP) is 2.16. The Hall–Kier alpha value is -2.60. The first-order chi connectivity index (χ1) is 10.9. The molecule has 2 N–H and O–H groups in total. The lowest BCUT2D eigenvalue weighted by molar-refractivity contribution is -0.117. The van der Waals surface area contributed by atoms with E-state index in [1.165, 1.54) is 6.08 Å². The minimum absolute atomic E-state index is 0.289. The average molecular weight is 333 g/mol. The zero-order valence-corrected chi connectivity index (χ0v) is 13.8. The fourth-order valence-corrected chi connectivity index (χ4v) is 2.28. The van der Waals surface area contributed by atoms with Crippen LogP contribution in [0.4, 0.5) is 0 Å². The van der Waals surface area contributed by atoms with Gasteiger partial charge >= 0.3 is 0 Å². The maximum absolute atomic E-state index is 11.9. The second-order valence-corrected chi connectivity index (χ2v) is 5.37. The normalized spacial score (nSPS) is 10.8. The molecule has 0 atom stereocenters. The van der Waals surface area contributed by atoms with Crippen molar-refractivity contribution >= 4 is 29.5 Å². The van der Waals surface area contributed by atoms with Crippen molar-refractivity contribution in [1.82, 2.24) is 20.6 Å². The molecule has 1 aromatic heterocycles. The number of aryl methyl sites for hydroxylation is 2. The van der Waals surface area contributed by atoms with Gasteiger partial charge in [-0.25, -0.2) is 0 Å². The second-order valence-electron chi connectivity index (χ2n) is 4.96. The van der Waals surface area contributed by atoms with Gasteiger partial charge in [0.1, 0.15) is 0 Å². The van der Waals surface area contributed by atoms with E-state index in [0.29, 0.717) is 5.02 Å². The number of halogens is 1. The van der Waals surface area contributed by atoms with Gasteiger partial charge in [0.05, 0.1) is 16.3 Å². The second kappa shape index (κ2) is 7.11. The van der Waals surface area contributed by atoms with Crippen LogP contribution in [0.25, 0.3) is 6.08 Å². The van der Waals surface area contributed by atoms with Crippen LogP contribution in [0.5, 0.6) is 0 Å². The van der Waals surface area contributed by atoms with E-state index in [9.17, 15) is 9.59 Å². The van der Waals surface area contributed by atoms with Gasteiger partial charge in [-0.05, 0) is 32.1 Å². The molecule has 23 heavy (non-hydrogen) atoms. The van der Waals surface area contributed by atoms with Crippen molar-refractivity contribution in [2.45, 2.75) is 13.8 Å². The number of nitrogens with one attached hydrogen (secondary N) is 2. The molecule has 2 amide bonds. The first-order valence-corrected chi connectivity index (χ1v) is 7.31. The van der Waals surface area contributed by atoms with E-state index in [-0.39, 0.29) is 5.56 Å². The molecule has 0 saturated carbocycles. The SMILES string of the molecule is Cc1nn(C)c(C)c1/C=C/C(=O)NNC(=O)c1ccccc1Cl. The molecule has 1 heterocycles. The largest absolute Gasteiger partial charge is 0.272 e. The molecule has 120 valence electrons. The molecule has 0 fully saturated rings. The van der Waals surface area contributed by atoms with Crippen molar-refractivity contribution in [3.8, 4) is 0 Å². The third-order valence-electron chi connectivity index (χ3n) is 3.38. The van der Waals surface area contributed by atoms with E-state index in [0.717, 1.165) is 17.0 Å². The van der Waals surface area contributed by atoms with Gasteiger partial charge in [0.2, 0.25) is 0 Å². The molecular weight excluding hydrogens is 316 g/mol. The Balaban J connectivity index is 1.96. The zero-order valence-electron chi connectivity index (χ0n) is 13.1. The molecule has 0 aliphatic rings. The van der Waals surface area contributed by atoms with Crippen molar-refractivity contribution in [1.29, 1.82) is 0 Å². The van der Waals surface area contributed by atoms with Gasteiger partial charge in [-0.1, -0.05) is 23.7 Å². The van der Waals surface area contributed by atoms with E-state index in [1.54, 1.807) is 35.0 Å². The molecule has 2 rings (SSSR count). The van der Waals surface area contributed by atoms with Crippen LogP contribution >= 0.6 is 11.6 Å². The molecule has 6 nitrogen and oxygen atoms in total. The summed E-state index contributed by atoms with van der Waals surface area (Å²) in [6.45, 7) is 3.78. The van der Waals surface area contributed by atoms with Crippen molar-refractivity contribution < 1.29 is 9.59 Å². The Morgan fingerprint density at radius 3 is 2.52 bits per heavy atom. The van der Waals surface area contributed by atoms with Crippen LogP contribution in [-0.2, 0) is 11.8 Å². The standard InChI is InChI=1S/C16H17ClN4O2/c1-10-12(11(2)21(3)20-10)8-9-15(22)18-19-16(23)13-6-4-5-7-14(13)17/h4-9H,1-3H3,(H,18,22)(H,19,23)/b9-8+. The number of rotatable bonds is 3. The topological polar surface area (TPSA) is 76.0 Å². The number of carbonyl (C=O) groups excluding carboxylic acids is 2. The molecule has 0 radical (unpaired) electrons. The smallest absolute Gasteiger partial charge is 0.271 e. The number of carbonyl (C=O) groups is 2. The molecule has 0 aliphatic heterocycles. The summed E-state index contributed by atoms with van der Waals surface area (Å²) in [6, 6.07) is 6.59. The van der Waals surface area contributed by atoms with Gasteiger partial charge in [-0.2, -0.15) is 5.10 Å². The number of hydrogen-bond donors (Lipinski definition) is 2. The highest BCUT2D eigenvalue weighted by atomic mass is 35.5. The van der Waals surface area contributed by atoms with Crippen LogP contribution in [0.15, 0.2) is 30.3 Å². The number of amides is 2. The Bertz CT molecular complexity index is 780. The van der Waals surface area contributed by atoms with Crippen LogP contribution < -0.4 is 10.9 Å². The summed E-state index contributed by atoms with van der Waals surface area (Å²) in [6.07, 6.45) is 3.00. The maximum Gasteiger partial charge on any atom is 0.271 e. The highest BCUT2D eigenvalue weighted by Crippen LogP contribution is 2.14. The van der Waals surface area contributed by atoms with E-state index in [1.807, 2.05) is 20.9 Å². The molecule has 2 aromatic rings. The minimum atomic E-state index is -0.480. The molecule has 0 spiro atoms. The summed E-state index contributed by atoms with van der Waals surface area (Å²) in [7, 11) is 1.84. The third kappa shape index (κ3) is 3.98. The van der Waals surface area contributed by atoms with E-state index < -0.39 is 11.8 Å². The summed E-state index contributed by atoms with van der Waals surface area (Å²) < 4.78 is 1.74. The van der Waals surface area contributed by atoms with Crippen molar-refractivity contribution in [3.63, 3.8) is 0 Å². The molecule has 0 aliphatic carbocycles. The van der Waals surface area contributed by atoms with Gasteiger partial charge < -0.3 is 0 Å². The zero-order chi connectivity index (χ0) is 17.0. The quantitative estimate of drug-likeness (QED) is 0.668. The molecule has 1 aromatic carbocycles.